The molecule has 1 fully saturated rings. The van der Waals surface area contributed by atoms with Gasteiger partial charge in [-0.3, -0.25) is 4.79 Å². The van der Waals surface area contributed by atoms with Gasteiger partial charge < -0.3 is 14.8 Å². The van der Waals surface area contributed by atoms with Gasteiger partial charge in [0.15, 0.2) is 6.61 Å². The second kappa shape index (κ2) is 8.72. The van der Waals surface area contributed by atoms with Gasteiger partial charge in [0.2, 0.25) is 10.0 Å². The van der Waals surface area contributed by atoms with Crippen molar-refractivity contribution in [1.29, 1.82) is 0 Å². The van der Waals surface area contributed by atoms with Crippen LogP contribution in [0.4, 0.5) is 5.69 Å². The Morgan fingerprint density at radius 3 is 2.43 bits per heavy atom. The monoisotopic (exact) mass is 404 g/mol. The number of anilines is 1. The van der Waals surface area contributed by atoms with Crippen molar-refractivity contribution in [1.82, 2.24) is 4.31 Å². The summed E-state index contributed by atoms with van der Waals surface area (Å²) < 4.78 is 37.7. The Kier molecular flexibility index (Phi) is 6.33. The molecule has 0 saturated carbocycles. The fourth-order valence-electron chi connectivity index (χ4n) is 3.03. The molecule has 150 valence electrons. The Hall–Kier alpha value is -2.42. The topological polar surface area (TPSA) is 84.9 Å². The van der Waals surface area contributed by atoms with E-state index in [1.54, 1.807) is 12.1 Å². The lowest BCUT2D eigenvalue weighted by Crippen LogP contribution is -2.40. The van der Waals surface area contributed by atoms with E-state index in [1.807, 2.05) is 32.0 Å². The van der Waals surface area contributed by atoms with Crippen LogP contribution in [-0.4, -0.2) is 51.5 Å². The first-order valence-corrected chi connectivity index (χ1v) is 10.5. The van der Waals surface area contributed by atoms with Crippen LogP contribution < -0.4 is 10.1 Å². The van der Waals surface area contributed by atoms with Gasteiger partial charge in [-0.05, 0) is 43.2 Å². The first-order chi connectivity index (χ1) is 13.4. The summed E-state index contributed by atoms with van der Waals surface area (Å²) in [7, 11) is -3.62. The second-order valence-electron chi connectivity index (χ2n) is 6.60. The Labute approximate surface area is 165 Å². The number of carbonyl (C=O) groups is 1. The molecule has 1 N–H and O–H groups in total. The van der Waals surface area contributed by atoms with E-state index in [4.69, 9.17) is 9.47 Å². The number of aryl methyl sites for hydroxylation is 2. The van der Waals surface area contributed by atoms with Crippen molar-refractivity contribution in [2.75, 3.05) is 38.2 Å². The molecule has 7 nitrogen and oxygen atoms in total. The molecular weight excluding hydrogens is 380 g/mol. The summed E-state index contributed by atoms with van der Waals surface area (Å²) in [6.45, 7) is 5.08. The lowest BCUT2D eigenvalue weighted by Gasteiger charge is -2.26. The van der Waals surface area contributed by atoms with Gasteiger partial charge in [0, 0.05) is 18.8 Å². The maximum absolute atomic E-state index is 12.7. The number of nitrogens with one attached hydrogen (secondary N) is 1. The number of sulfonamides is 1. The standard InChI is InChI=1S/C20H24N2O5S/c1-15-5-3-6-16(2)20(15)27-14-19(23)21-17-7-4-8-18(13-17)28(24,25)22-9-11-26-12-10-22/h3-8,13H,9-12,14H2,1-2H3,(H,21,23). The summed E-state index contributed by atoms with van der Waals surface area (Å²) in [5, 5.41) is 2.69. The van der Waals surface area contributed by atoms with Crippen LogP contribution >= 0.6 is 0 Å². The molecule has 0 atom stereocenters. The minimum atomic E-state index is -3.62. The van der Waals surface area contributed by atoms with Crippen LogP contribution in [0.5, 0.6) is 5.75 Å². The third kappa shape index (κ3) is 4.70. The molecule has 2 aromatic rings. The number of benzene rings is 2. The molecule has 0 radical (unpaired) electrons. The molecule has 1 aliphatic rings. The number of hydrogen-bond acceptors (Lipinski definition) is 5. The highest BCUT2D eigenvalue weighted by Crippen LogP contribution is 2.23. The van der Waals surface area contributed by atoms with Crippen LogP contribution in [0.25, 0.3) is 0 Å². The van der Waals surface area contributed by atoms with E-state index in [1.165, 1.54) is 16.4 Å². The highest BCUT2D eigenvalue weighted by atomic mass is 32.2. The average molecular weight is 404 g/mol. The number of para-hydroxylation sites is 1. The maximum Gasteiger partial charge on any atom is 0.262 e. The van der Waals surface area contributed by atoms with Gasteiger partial charge in [-0.1, -0.05) is 24.3 Å². The van der Waals surface area contributed by atoms with Crippen LogP contribution in [0.15, 0.2) is 47.4 Å². The summed E-state index contributed by atoms with van der Waals surface area (Å²) in [6.07, 6.45) is 0. The fourth-order valence-corrected chi connectivity index (χ4v) is 4.49. The van der Waals surface area contributed by atoms with Crippen molar-refractivity contribution in [2.45, 2.75) is 18.7 Å². The quantitative estimate of drug-likeness (QED) is 0.799. The lowest BCUT2D eigenvalue weighted by molar-refractivity contribution is -0.118. The minimum Gasteiger partial charge on any atom is -0.483 e. The third-order valence-corrected chi connectivity index (χ3v) is 6.38. The summed E-state index contributed by atoms with van der Waals surface area (Å²) in [5.41, 5.74) is 2.31. The van der Waals surface area contributed by atoms with Gasteiger partial charge in [0.25, 0.3) is 5.91 Å². The molecule has 2 aromatic carbocycles. The predicted octanol–water partition coefficient (Wildman–Crippen LogP) is 2.34. The Morgan fingerprint density at radius 1 is 1.11 bits per heavy atom. The summed E-state index contributed by atoms with van der Waals surface area (Å²) in [5.74, 6) is 0.324. The molecule has 0 aliphatic carbocycles. The van der Waals surface area contributed by atoms with Gasteiger partial charge >= 0.3 is 0 Å². The van der Waals surface area contributed by atoms with Crippen molar-refractivity contribution in [3.8, 4) is 5.75 Å². The van der Waals surface area contributed by atoms with Crippen molar-refractivity contribution < 1.29 is 22.7 Å². The molecular formula is C20H24N2O5S. The highest BCUT2D eigenvalue weighted by Gasteiger charge is 2.26. The van der Waals surface area contributed by atoms with Crippen molar-refractivity contribution in [3.05, 3.63) is 53.6 Å². The van der Waals surface area contributed by atoms with Crippen molar-refractivity contribution in [3.63, 3.8) is 0 Å². The van der Waals surface area contributed by atoms with Crippen molar-refractivity contribution in [2.24, 2.45) is 0 Å². The zero-order chi connectivity index (χ0) is 20.1. The molecule has 1 saturated heterocycles. The number of rotatable bonds is 6. The SMILES string of the molecule is Cc1cccc(C)c1OCC(=O)Nc1cccc(S(=O)(=O)N2CCOCC2)c1. The maximum atomic E-state index is 12.7. The van der Waals surface area contributed by atoms with Gasteiger partial charge in [0.05, 0.1) is 18.1 Å². The summed E-state index contributed by atoms with van der Waals surface area (Å²) in [4.78, 5) is 12.4. The highest BCUT2D eigenvalue weighted by molar-refractivity contribution is 7.89. The average Bonchev–Trinajstić information content (AvgIpc) is 2.68. The predicted molar refractivity (Wildman–Crippen MR) is 106 cm³/mol. The first kappa shape index (κ1) is 20.3. The number of hydrogen-bond donors (Lipinski definition) is 1. The summed E-state index contributed by atoms with van der Waals surface area (Å²) >= 11 is 0. The van der Waals surface area contributed by atoms with Gasteiger partial charge in [0.1, 0.15) is 5.75 Å². The van der Waals surface area contributed by atoms with E-state index in [2.05, 4.69) is 5.32 Å². The number of ether oxygens (including phenoxy) is 2. The molecule has 0 bridgehead atoms. The van der Waals surface area contributed by atoms with E-state index in [9.17, 15) is 13.2 Å². The van der Waals surface area contributed by atoms with Gasteiger partial charge in [-0.2, -0.15) is 4.31 Å². The Morgan fingerprint density at radius 2 is 1.75 bits per heavy atom. The van der Waals surface area contributed by atoms with Gasteiger partial charge in [-0.25, -0.2) is 8.42 Å². The Bertz CT molecular complexity index is 933. The summed E-state index contributed by atoms with van der Waals surface area (Å²) in [6, 6.07) is 12.0. The smallest absolute Gasteiger partial charge is 0.262 e. The van der Waals surface area contributed by atoms with E-state index in [0.717, 1.165) is 11.1 Å². The number of amides is 1. The van der Waals surface area contributed by atoms with Crippen LogP contribution in [0, 0.1) is 13.8 Å². The van der Waals surface area contributed by atoms with Gasteiger partial charge in [-0.15, -0.1) is 0 Å². The molecule has 28 heavy (non-hydrogen) atoms. The Balaban J connectivity index is 1.66. The van der Waals surface area contributed by atoms with Crippen molar-refractivity contribution >= 4 is 21.6 Å². The number of nitrogens with zero attached hydrogens (tertiary/aromatic N) is 1. The molecule has 0 aromatic heterocycles. The molecule has 8 heteroatoms. The largest absolute Gasteiger partial charge is 0.483 e. The fraction of sp³-hybridized carbons (Fsp3) is 0.350. The van der Waals surface area contributed by atoms with E-state index in [-0.39, 0.29) is 17.4 Å². The second-order valence-corrected chi connectivity index (χ2v) is 8.54. The third-order valence-electron chi connectivity index (χ3n) is 4.48. The molecule has 0 unspecified atom stereocenters. The molecule has 3 rings (SSSR count). The molecule has 1 heterocycles. The van der Waals surface area contributed by atoms with Crippen LogP contribution in [0.3, 0.4) is 0 Å². The normalized spacial score (nSPS) is 15.2. The van der Waals surface area contributed by atoms with Crippen LogP contribution in [0.1, 0.15) is 11.1 Å². The van der Waals surface area contributed by atoms with E-state index >= 15 is 0 Å². The zero-order valence-electron chi connectivity index (χ0n) is 16.0. The minimum absolute atomic E-state index is 0.142. The van der Waals surface area contributed by atoms with E-state index in [0.29, 0.717) is 37.7 Å². The zero-order valence-corrected chi connectivity index (χ0v) is 16.8. The van der Waals surface area contributed by atoms with E-state index < -0.39 is 10.0 Å². The van der Waals surface area contributed by atoms with Crippen LogP contribution in [-0.2, 0) is 19.6 Å². The van der Waals surface area contributed by atoms with Crippen LogP contribution in [0.2, 0.25) is 0 Å². The number of morpholine rings is 1. The molecule has 1 amide bonds. The molecule has 1 aliphatic heterocycles. The molecule has 0 spiro atoms. The first-order valence-electron chi connectivity index (χ1n) is 9.05. The lowest BCUT2D eigenvalue weighted by atomic mass is 10.1. The number of carbonyl (C=O) groups excluding carboxylic acids is 1.